The zero-order valence-corrected chi connectivity index (χ0v) is 7.26. The van der Waals surface area contributed by atoms with E-state index in [1.807, 2.05) is 6.08 Å². The van der Waals surface area contributed by atoms with E-state index in [1.165, 1.54) is 7.11 Å². The molecule has 0 fully saturated rings. The molecule has 0 heterocycles. The van der Waals surface area contributed by atoms with E-state index in [0.717, 1.165) is 4.48 Å². The fourth-order valence-electron chi connectivity index (χ4n) is 0.803. The zero-order chi connectivity index (χ0) is 7.61. The SMILES string of the molecule is COC1(O)C=CC=C(Br)C1. The Kier molecular flexibility index (Phi) is 2.28. The Labute approximate surface area is 68.3 Å². The maximum Gasteiger partial charge on any atom is 0.189 e. The molecule has 1 unspecified atom stereocenters. The van der Waals surface area contributed by atoms with Crippen molar-refractivity contribution in [3.05, 3.63) is 22.7 Å². The van der Waals surface area contributed by atoms with Crippen LogP contribution in [0.3, 0.4) is 0 Å². The van der Waals surface area contributed by atoms with E-state index in [9.17, 15) is 5.11 Å². The summed E-state index contributed by atoms with van der Waals surface area (Å²) >= 11 is 3.27. The van der Waals surface area contributed by atoms with E-state index in [4.69, 9.17) is 4.74 Å². The molecule has 1 atom stereocenters. The van der Waals surface area contributed by atoms with Crippen LogP contribution in [0.15, 0.2) is 22.7 Å². The lowest BCUT2D eigenvalue weighted by molar-refractivity contribution is -0.143. The van der Waals surface area contributed by atoms with Crippen molar-refractivity contribution in [2.75, 3.05) is 7.11 Å². The van der Waals surface area contributed by atoms with Gasteiger partial charge in [-0.1, -0.05) is 28.1 Å². The Morgan fingerprint density at radius 3 is 2.90 bits per heavy atom. The van der Waals surface area contributed by atoms with Crippen LogP contribution in [0.1, 0.15) is 6.42 Å². The van der Waals surface area contributed by atoms with E-state index >= 15 is 0 Å². The number of methoxy groups -OCH3 is 1. The summed E-state index contributed by atoms with van der Waals surface area (Å²) in [5.74, 6) is -1.10. The average molecular weight is 205 g/mol. The van der Waals surface area contributed by atoms with Crippen molar-refractivity contribution in [2.45, 2.75) is 12.2 Å². The number of hydrogen-bond acceptors (Lipinski definition) is 2. The summed E-state index contributed by atoms with van der Waals surface area (Å²) in [6.07, 6.45) is 5.75. The lowest BCUT2D eigenvalue weighted by Crippen LogP contribution is -2.29. The Morgan fingerprint density at radius 2 is 2.50 bits per heavy atom. The summed E-state index contributed by atoms with van der Waals surface area (Å²) in [6.45, 7) is 0. The summed E-state index contributed by atoms with van der Waals surface area (Å²) in [5.41, 5.74) is 0. The minimum absolute atomic E-state index is 0.486. The standard InChI is InChI=1S/C7H9BrO2/c1-10-7(9)4-2-3-6(8)5-7/h2-4,9H,5H2,1H3. The van der Waals surface area contributed by atoms with E-state index in [2.05, 4.69) is 15.9 Å². The zero-order valence-electron chi connectivity index (χ0n) is 5.67. The van der Waals surface area contributed by atoms with Crippen LogP contribution in [0.25, 0.3) is 0 Å². The quantitative estimate of drug-likeness (QED) is 0.658. The van der Waals surface area contributed by atoms with Gasteiger partial charge in [0.15, 0.2) is 5.79 Å². The summed E-state index contributed by atoms with van der Waals surface area (Å²) in [5, 5.41) is 9.47. The lowest BCUT2D eigenvalue weighted by atomic mass is 10.1. The molecule has 3 heteroatoms. The van der Waals surface area contributed by atoms with Gasteiger partial charge < -0.3 is 9.84 Å². The number of aliphatic hydroxyl groups is 1. The van der Waals surface area contributed by atoms with Gasteiger partial charge in [0.2, 0.25) is 0 Å². The predicted molar refractivity (Wildman–Crippen MR) is 42.7 cm³/mol. The predicted octanol–water partition coefficient (Wildman–Crippen LogP) is 1.56. The molecule has 0 spiro atoms. The molecule has 2 nitrogen and oxygen atoms in total. The van der Waals surface area contributed by atoms with Crippen molar-refractivity contribution in [1.82, 2.24) is 0 Å². The van der Waals surface area contributed by atoms with E-state index in [-0.39, 0.29) is 0 Å². The summed E-state index contributed by atoms with van der Waals surface area (Å²) in [7, 11) is 1.48. The van der Waals surface area contributed by atoms with Crippen LogP contribution in [-0.4, -0.2) is 18.0 Å². The van der Waals surface area contributed by atoms with Crippen molar-refractivity contribution < 1.29 is 9.84 Å². The minimum Gasteiger partial charge on any atom is -0.362 e. The van der Waals surface area contributed by atoms with Crippen LogP contribution < -0.4 is 0 Å². The number of hydrogen-bond donors (Lipinski definition) is 1. The molecular formula is C7H9BrO2. The van der Waals surface area contributed by atoms with Gasteiger partial charge in [-0.25, -0.2) is 0 Å². The molecular weight excluding hydrogens is 196 g/mol. The first-order chi connectivity index (χ1) is 4.66. The Morgan fingerprint density at radius 1 is 1.80 bits per heavy atom. The highest BCUT2D eigenvalue weighted by atomic mass is 79.9. The lowest BCUT2D eigenvalue weighted by Gasteiger charge is -2.24. The van der Waals surface area contributed by atoms with Crippen LogP contribution >= 0.6 is 15.9 Å². The smallest absolute Gasteiger partial charge is 0.189 e. The van der Waals surface area contributed by atoms with Crippen molar-refractivity contribution in [2.24, 2.45) is 0 Å². The molecule has 56 valence electrons. The second kappa shape index (κ2) is 2.86. The van der Waals surface area contributed by atoms with Gasteiger partial charge in [-0.05, 0) is 6.08 Å². The van der Waals surface area contributed by atoms with Crippen molar-refractivity contribution >= 4 is 15.9 Å². The fourth-order valence-corrected chi connectivity index (χ4v) is 1.36. The van der Waals surface area contributed by atoms with Gasteiger partial charge in [-0.2, -0.15) is 0 Å². The molecule has 1 N–H and O–H groups in total. The van der Waals surface area contributed by atoms with Gasteiger partial charge in [0.25, 0.3) is 0 Å². The van der Waals surface area contributed by atoms with Gasteiger partial charge in [0.05, 0.1) is 0 Å². The van der Waals surface area contributed by atoms with E-state index < -0.39 is 5.79 Å². The fraction of sp³-hybridized carbons (Fsp3) is 0.429. The van der Waals surface area contributed by atoms with Crippen LogP contribution in [0, 0.1) is 0 Å². The Bertz CT molecular complexity index is 186. The van der Waals surface area contributed by atoms with Crippen LogP contribution in [0.2, 0.25) is 0 Å². The maximum absolute atomic E-state index is 9.47. The summed E-state index contributed by atoms with van der Waals surface area (Å²) in [6, 6.07) is 0. The largest absolute Gasteiger partial charge is 0.362 e. The number of allylic oxidation sites excluding steroid dienone is 2. The second-order valence-electron chi connectivity index (χ2n) is 2.20. The molecule has 1 aliphatic carbocycles. The molecule has 0 aromatic heterocycles. The summed E-state index contributed by atoms with van der Waals surface area (Å²) < 4.78 is 5.79. The third kappa shape index (κ3) is 1.68. The highest BCUT2D eigenvalue weighted by molar-refractivity contribution is 9.11. The highest BCUT2D eigenvalue weighted by Crippen LogP contribution is 2.26. The van der Waals surface area contributed by atoms with E-state index in [1.54, 1.807) is 12.2 Å². The highest BCUT2D eigenvalue weighted by Gasteiger charge is 2.25. The summed E-state index contributed by atoms with van der Waals surface area (Å²) in [4.78, 5) is 0. The van der Waals surface area contributed by atoms with Gasteiger partial charge in [0, 0.05) is 18.0 Å². The Hall–Kier alpha value is -0.120. The minimum atomic E-state index is -1.10. The molecule has 0 aromatic rings. The number of halogens is 1. The first kappa shape index (κ1) is 7.98. The molecule has 1 rings (SSSR count). The third-order valence-electron chi connectivity index (χ3n) is 1.41. The van der Waals surface area contributed by atoms with Crippen LogP contribution in [0.5, 0.6) is 0 Å². The van der Waals surface area contributed by atoms with E-state index in [0.29, 0.717) is 6.42 Å². The topological polar surface area (TPSA) is 29.5 Å². The normalized spacial score (nSPS) is 32.1. The van der Waals surface area contributed by atoms with Crippen LogP contribution in [-0.2, 0) is 4.74 Å². The molecule has 0 saturated carbocycles. The molecule has 0 radical (unpaired) electrons. The third-order valence-corrected chi connectivity index (χ3v) is 1.95. The number of ether oxygens (including phenoxy) is 1. The van der Waals surface area contributed by atoms with Gasteiger partial charge in [0.1, 0.15) is 0 Å². The first-order valence-electron chi connectivity index (χ1n) is 2.98. The Balaban J connectivity index is 2.71. The van der Waals surface area contributed by atoms with Crippen molar-refractivity contribution in [3.8, 4) is 0 Å². The first-order valence-corrected chi connectivity index (χ1v) is 3.77. The molecule has 0 aromatic carbocycles. The van der Waals surface area contributed by atoms with Crippen molar-refractivity contribution in [3.63, 3.8) is 0 Å². The van der Waals surface area contributed by atoms with Gasteiger partial charge >= 0.3 is 0 Å². The molecule has 10 heavy (non-hydrogen) atoms. The van der Waals surface area contributed by atoms with Crippen molar-refractivity contribution in [1.29, 1.82) is 0 Å². The van der Waals surface area contributed by atoms with Gasteiger partial charge in [-0.3, -0.25) is 0 Å². The van der Waals surface area contributed by atoms with Gasteiger partial charge in [-0.15, -0.1) is 0 Å². The maximum atomic E-state index is 9.47. The van der Waals surface area contributed by atoms with Crippen LogP contribution in [0.4, 0.5) is 0 Å². The molecule has 0 aliphatic heterocycles. The average Bonchev–Trinajstić information content (AvgIpc) is 1.88. The molecule has 1 aliphatic rings. The monoisotopic (exact) mass is 204 g/mol. The molecule has 0 saturated heterocycles. The number of rotatable bonds is 1. The second-order valence-corrected chi connectivity index (χ2v) is 3.22. The molecule has 0 bridgehead atoms. The molecule has 0 amide bonds.